The minimum Gasteiger partial charge on any atom is -0.475 e. The van der Waals surface area contributed by atoms with Gasteiger partial charge in [-0.15, -0.1) is 0 Å². The summed E-state index contributed by atoms with van der Waals surface area (Å²) in [6.45, 7) is 1.57. The lowest BCUT2D eigenvalue weighted by Crippen LogP contribution is -2.21. The first-order chi connectivity index (χ1) is 18.3. The lowest BCUT2D eigenvalue weighted by atomic mass is 10.0. The Morgan fingerprint density at radius 1 is 1.10 bits per heavy atom. The molecule has 9 nitrogen and oxygen atoms in total. The maximum Gasteiger partial charge on any atom is 0.490 e. The summed E-state index contributed by atoms with van der Waals surface area (Å²) in [6.07, 6.45) is -3.54. The van der Waals surface area contributed by atoms with Gasteiger partial charge in [0.25, 0.3) is 5.56 Å². The van der Waals surface area contributed by atoms with Crippen LogP contribution in [0.4, 0.5) is 23.2 Å². The molecular weight excluding hydrogens is 564 g/mol. The van der Waals surface area contributed by atoms with E-state index in [0.717, 1.165) is 4.90 Å². The number of aromatic amines is 2. The average molecular weight is 583 g/mol. The average Bonchev–Trinajstić information content (AvgIpc) is 3.27. The molecule has 0 radical (unpaired) electrons. The van der Waals surface area contributed by atoms with Gasteiger partial charge in [0, 0.05) is 32.9 Å². The van der Waals surface area contributed by atoms with Gasteiger partial charge in [-0.05, 0) is 49.4 Å². The lowest BCUT2D eigenvalue weighted by molar-refractivity contribution is -0.192. The minimum atomic E-state index is -5.08. The van der Waals surface area contributed by atoms with Crippen LogP contribution in [0.2, 0.25) is 0 Å². The van der Waals surface area contributed by atoms with Crippen molar-refractivity contribution < 1.29 is 35.9 Å². The number of nitrogens with zero attached hydrogens (tertiary/aromatic N) is 1. The molecule has 204 valence electrons. The number of halogens is 4. The van der Waals surface area contributed by atoms with Gasteiger partial charge < -0.3 is 15.1 Å². The van der Waals surface area contributed by atoms with Crippen LogP contribution in [-0.4, -0.2) is 46.4 Å². The van der Waals surface area contributed by atoms with Crippen LogP contribution in [0.3, 0.4) is 0 Å². The van der Waals surface area contributed by atoms with Crippen molar-refractivity contribution in [1.82, 2.24) is 15.0 Å². The van der Waals surface area contributed by atoms with E-state index in [9.17, 15) is 30.8 Å². The van der Waals surface area contributed by atoms with E-state index in [1.54, 1.807) is 43.5 Å². The summed E-state index contributed by atoms with van der Waals surface area (Å²) in [6, 6.07) is 13.1. The molecular formula is C24H18F4N4O5S2. The summed E-state index contributed by atoms with van der Waals surface area (Å²) in [4.78, 5) is 32.8. The van der Waals surface area contributed by atoms with Crippen molar-refractivity contribution in [3.63, 3.8) is 0 Å². The van der Waals surface area contributed by atoms with Crippen molar-refractivity contribution in [2.24, 2.45) is 0 Å². The molecule has 3 aromatic carbocycles. The number of nitrogens with one attached hydrogen (secondary N) is 3. The van der Waals surface area contributed by atoms with Gasteiger partial charge in [0.05, 0.1) is 22.2 Å². The number of aromatic nitrogens is 3. The Hall–Kier alpha value is -4.11. The number of imidazole rings is 1. The molecule has 39 heavy (non-hydrogen) atoms. The van der Waals surface area contributed by atoms with E-state index < -0.39 is 28.0 Å². The fourth-order valence-corrected chi connectivity index (χ4v) is 5.14. The second-order valence-corrected chi connectivity index (χ2v) is 11.1. The van der Waals surface area contributed by atoms with Gasteiger partial charge in [-0.3, -0.25) is 9.52 Å². The molecule has 0 aliphatic heterocycles. The normalized spacial score (nSPS) is 11.9. The number of pyridine rings is 1. The number of alkyl halides is 3. The van der Waals surface area contributed by atoms with Crippen LogP contribution in [0.5, 0.6) is 0 Å². The van der Waals surface area contributed by atoms with E-state index in [1.165, 1.54) is 23.9 Å². The number of carboxylic acids is 1. The van der Waals surface area contributed by atoms with E-state index >= 15 is 0 Å². The first-order valence-corrected chi connectivity index (χ1v) is 13.5. The topological polar surface area (TPSA) is 145 Å². The molecule has 2 aromatic heterocycles. The fourth-order valence-electron chi connectivity index (χ4n) is 3.66. The van der Waals surface area contributed by atoms with Gasteiger partial charge in [0.2, 0.25) is 10.0 Å². The van der Waals surface area contributed by atoms with Crippen LogP contribution < -0.4 is 10.3 Å². The molecule has 0 fully saturated rings. The third kappa shape index (κ3) is 6.15. The number of anilines is 1. The van der Waals surface area contributed by atoms with Crippen molar-refractivity contribution in [2.45, 2.75) is 23.2 Å². The minimum absolute atomic E-state index is 0.0200. The standard InChI is InChI=1S/C22H17FN4O3S2.C2HF3O2/c1-2-32(29,30)27-13-4-3-5-14(11-13)31-22-25-19-15-7-6-12(23)10-17(15)18-16(20(19)26-22)8-9-24-21(18)28;3-2(4,5)1(6)7/h3-11,27H,2H2,1H3,(H,24,28)(H,25,26);(H,6,7). The first-order valence-electron chi connectivity index (χ1n) is 11.0. The maximum absolute atomic E-state index is 14.0. The van der Waals surface area contributed by atoms with Crippen LogP contribution >= 0.6 is 11.8 Å². The molecule has 5 rings (SSSR count). The number of rotatable bonds is 5. The van der Waals surface area contributed by atoms with Crippen LogP contribution in [0.25, 0.3) is 32.6 Å². The predicted molar refractivity (Wildman–Crippen MR) is 139 cm³/mol. The van der Waals surface area contributed by atoms with Crippen LogP contribution in [0.1, 0.15) is 6.92 Å². The summed E-state index contributed by atoms with van der Waals surface area (Å²) in [5.74, 6) is -3.21. The first kappa shape index (κ1) is 27.9. The highest BCUT2D eigenvalue weighted by molar-refractivity contribution is 7.99. The molecule has 0 saturated carbocycles. The highest BCUT2D eigenvalue weighted by Crippen LogP contribution is 2.36. The third-order valence-corrected chi connectivity index (χ3v) is 7.55. The van der Waals surface area contributed by atoms with Crippen molar-refractivity contribution in [2.75, 3.05) is 10.5 Å². The number of H-pyrrole nitrogens is 2. The molecule has 0 saturated heterocycles. The molecule has 0 spiro atoms. The molecule has 5 aromatic rings. The molecule has 15 heteroatoms. The van der Waals surface area contributed by atoms with Crippen LogP contribution in [-0.2, 0) is 14.8 Å². The van der Waals surface area contributed by atoms with E-state index in [1.807, 2.05) is 6.07 Å². The number of sulfonamides is 1. The number of carboxylic acid groups (broad SMARTS) is 1. The van der Waals surface area contributed by atoms with Gasteiger partial charge in [0.1, 0.15) is 5.82 Å². The number of aliphatic carboxylic acids is 1. The van der Waals surface area contributed by atoms with Gasteiger partial charge in [0.15, 0.2) is 5.16 Å². The third-order valence-electron chi connectivity index (χ3n) is 5.36. The zero-order chi connectivity index (χ0) is 28.5. The van der Waals surface area contributed by atoms with E-state index in [2.05, 4.69) is 14.7 Å². The Bertz CT molecular complexity index is 1890. The molecule has 0 bridgehead atoms. The van der Waals surface area contributed by atoms with Crippen molar-refractivity contribution in [3.8, 4) is 0 Å². The molecule has 0 aliphatic carbocycles. The number of fused-ring (bicyclic) bond motifs is 6. The van der Waals surface area contributed by atoms with Crippen molar-refractivity contribution in [1.29, 1.82) is 0 Å². The quantitative estimate of drug-likeness (QED) is 0.164. The zero-order valence-electron chi connectivity index (χ0n) is 19.8. The largest absolute Gasteiger partial charge is 0.490 e. The molecule has 0 atom stereocenters. The highest BCUT2D eigenvalue weighted by atomic mass is 32.2. The maximum atomic E-state index is 14.0. The van der Waals surface area contributed by atoms with E-state index in [4.69, 9.17) is 14.9 Å². The Balaban J connectivity index is 0.000000448. The smallest absolute Gasteiger partial charge is 0.475 e. The second kappa shape index (κ2) is 10.6. The molecule has 2 heterocycles. The number of hydrogen-bond donors (Lipinski definition) is 4. The number of hydrogen-bond acceptors (Lipinski definition) is 6. The molecule has 4 N–H and O–H groups in total. The Labute approximate surface area is 221 Å². The van der Waals surface area contributed by atoms with E-state index in [0.29, 0.717) is 43.4 Å². The van der Waals surface area contributed by atoms with Crippen molar-refractivity contribution in [3.05, 3.63) is 70.9 Å². The Kier molecular flexibility index (Phi) is 7.57. The number of benzene rings is 3. The summed E-state index contributed by atoms with van der Waals surface area (Å²) < 4.78 is 72.0. The second-order valence-electron chi connectivity index (χ2n) is 7.99. The molecule has 0 aliphatic rings. The van der Waals surface area contributed by atoms with Crippen LogP contribution in [0.15, 0.2) is 69.6 Å². The van der Waals surface area contributed by atoms with Gasteiger partial charge in [-0.1, -0.05) is 17.8 Å². The fraction of sp³-hybridized carbons (Fsp3) is 0.125. The summed E-state index contributed by atoms with van der Waals surface area (Å²) in [5, 5.41) is 9.89. The predicted octanol–water partition coefficient (Wildman–Crippen LogP) is 5.24. The zero-order valence-corrected chi connectivity index (χ0v) is 21.4. The Morgan fingerprint density at radius 3 is 2.49 bits per heavy atom. The van der Waals surface area contributed by atoms with Gasteiger partial charge in [-0.2, -0.15) is 13.2 Å². The van der Waals surface area contributed by atoms with Gasteiger partial charge in [-0.25, -0.2) is 22.6 Å². The monoisotopic (exact) mass is 582 g/mol. The van der Waals surface area contributed by atoms with Crippen LogP contribution in [0, 0.1) is 5.82 Å². The molecule has 0 amide bonds. The SMILES string of the molecule is CCS(=O)(=O)Nc1cccc(Sc2nc3c4ccc(F)cc4c4c(=O)[nH]ccc4c3[nH]2)c1.O=C(O)C(F)(F)F. The summed E-state index contributed by atoms with van der Waals surface area (Å²) in [5.41, 5.74) is 1.46. The van der Waals surface area contributed by atoms with Crippen molar-refractivity contribution >= 4 is 66.0 Å². The highest BCUT2D eigenvalue weighted by Gasteiger charge is 2.38. The van der Waals surface area contributed by atoms with E-state index in [-0.39, 0.29) is 11.3 Å². The Morgan fingerprint density at radius 2 is 1.82 bits per heavy atom. The number of carbonyl (C=O) groups is 1. The molecule has 0 unspecified atom stereocenters. The summed E-state index contributed by atoms with van der Waals surface area (Å²) >= 11 is 1.32. The van der Waals surface area contributed by atoms with Gasteiger partial charge >= 0.3 is 12.1 Å². The lowest BCUT2D eigenvalue weighted by Gasteiger charge is -2.07. The summed E-state index contributed by atoms with van der Waals surface area (Å²) in [7, 11) is -3.38.